The third kappa shape index (κ3) is 1.81. The molecule has 0 aromatic carbocycles. The van der Waals surface area contributed by atoms with E-state index in [9.17, 15) is 5.11 Å². The van der Waals surface area contributed by atoms with Crippen molar-refractivity contribution in [2.45, 2.75) is 18.9 Å². The summed E-state index contributed by atoms with van der Waals surface area (Å²) in [6, 6.07) is 0. The first-order valence-corrected chi connectivity index (χ1v) is 4.90. The van der Waals surface area contributed by atoms with E-state index in [1.807, 2.05) is 11.8 Å². The molecular weight excluding hydrogens is 202 g/mol. The van der Waals surface area contributed by atoms with Gasteiger partial charge in [-0.15, -0.1) is 0 Å². The summed E-state index contributed by atoms with van der Waals surface area (Å²) in [6.07, 6.45) is 3.90. The average molecular weight is 214 g/mol. The van der Waals surface area contributed by atoms with Gasteiger partial charge in [0.2, 0.25) is 0 Å². The third-order valence-electron chi connectivity index (χ3n) is 2.39. The molecule has 4 nitrogen and oxygen atoms in total. The number of anilines is 1. The lowest BCUT2D eigenvalue weighted by Crippen LogP contribution is -2.30. The molecule has 1 aromatic heterocycles. The lowest BCUT2D eigenvalue weighted by atomic mass is 10.1. The van der Waals surface area contributed by atoms with E-state index in [2.05, 4.69) is 9.97 Å². The Labute approximate surface area is 87.5 Å². The Morgan fingerprint density at radius 2 is 2.21 bits per heavy atom. The summed E-state index contributed by atoms with van der Waals surface area (Å²) < 4.78 is 0. The van der Waals surface area contributed by atoms with Crippen LogP contribution in [0, 0.1) is 0 Å². The Hall–Kier alpha value is -0.870. The summed E-state index contributed by atoms with van der Waals surface area (Å²) in [5.41, 5.74) is -0.638. The van der Waals surface area contributed by atoms with Crippen molar-refractivity contribution in [1.29, 1.82) is 0 Å². The summed E-state index contributed by atoms with van der Waals surface area (Å²) in [5, 5.41) is 10.2. The van der Waals surface area contributed by atoms with Crippen LogP contribution in [-0.4, -0.2) is 33.8 Å². The van der Waals surface area contributed by atoms with Gasteiger partial charge in [0.15, 0.2) is 11.0 Å². The SMILES string of the molecule is CC1(O)CCN(c2nccnc2Cl)C1. The topological polar surface area (TPSA) is 49.2 Å². The zero-order valence-electron chi connectivity index (χ0n) is 7.94. The minimum absolute atomic E-state index is 0.394. The second kappa shape index (κ2) is 3.37. The molecule has 1 aliphatic heterocycles. The molecule has 14 heavy (non-hydrogen) atoms. The molecule has 1 atom stereocenters. The van der Waals surface area contributed by atoms with E-state index in [0.29, 0.717) is 17.5 Å². The Morgan fingerprint density at radius 1 is 1.50 bits per heavy atom. The van der Waals surface area contributed by atoms with Crippen molar-refractivity contribution in [1.82, 2.24) is 9.97 Å². The van der Waals surface area contributed by atoms with Crippen LogP contribution >= 0.6 is 11.6 Å². The summed E-state index contributed by atoms with van der Waals surface area (Å²) >= 11 is 5.90. The molecule has 1 fully saturated rings. The van der Waals surface area contributed by atoms with Crippen LogP contribution in [-0.2, 0) is 0 Å². The van der Waals surface area contributed by atoms with Crippen LogP contribution in [0.1, 0.15) is 13.3 Å². The van der Waals surface area contributed by atoms with Crippen LogP contribution in [0.5, 0.6) is 0 Å². The summed E-state index contributed by atoms with van der Waals surface area (Å²) in [5.74, 6) is 0.659. The number of halogens is 1. The number of hydrogen-bond donors (Lipinski definition) is 1. The number of β-amino-alcohol motifs (C(OH)–C–C–N with tert-alkyl or cyclic N) is 1. The van der Waals surface area contributed by atoms with E-state index < -0.39 is 5.60 Å². The van der Waals surface area contributed by atoms with Crippen LogP contribution < -0.4 is 4.90 Å². The monoisotopic (exact) mass is 213 g/mol. The normalized spacial score (nSPS) is 26.9. The van der Waals surface area contributed by atoms with Gasteiger partial charge in [-0.1, -0.05) is 11.6 Å². The van der Waals surface area contributed by atoms with Gasteiger partial charge in [-0.3, -0.25) is 0 Å². The maximum Gasteiger partial charge on any atom is 0.171 e. The number of aromatic nitrogens is 2. The molecule has 1 aliphatic rings. The maximum absolute atomic E-state index is 9.78. The molecule has 0 radical (unpaired) electrons. The Bertz CT molecular complexity index is 343. The smallest absolute Gasteiger partial charge is 0.171 e. The van der Waals surface area contributed by atoms with E-state index in [1.54, 1.807) is 12.4 Å². The number of aliphatic hydroxyl groups is 1. The third-order valence-corrected chi connectivity index (χ3v) is 2.65. The van der Waals surface area contributed by atoms with E-state index in [1.165, 1.54) is 0 Å². The van der Waals surface area contributed by atoms with Crippen LogP contribution in [0.25, 0.3) is 0 Å². The van der Waals surface area contributed by atoms with Crippen LogP contribution in [0.3, 0.4) is 0 Å². The first kappa shape index (κ1) is 9.68. The van der Waals surface area contributed by atoms with Crippen LogP contribution in [0.2, 0.25) is 5.15 Å². The zero-order valence-corrected chi connectivity index (χ0v) is 8.70. The van der Waals surface area contributed by atoms with Crippen molar-refractivity contribution in [3.8, 4) is 0 Å². The van der Waals surface area contributed by atoms with E-state index in [0.717, 1.165) is 13.0 Å². The van der Waals surface area contributed by atoms with Crippen molar-refractivity contribution >= 4 is 17.4 Å². The van der Waals surface area contributed by atoms with Gasteiger partial charge >= 0.3 is 0 Å². The summed E-state index contributed by atoms with van der Waals surface area (Å²) in [7, 11) is 0. The highest BCUT2D eigenvalue weighted by molar-refractivity contribution is 6.31. The molecular formula is C9H12ClN3O. The number of nitrogens with zero attached hydrogens (tertiary/aromatic N) is 3. The minimum Gasteiger partial charge on any atom is -0.388 e. The lowest BCUT2D eigenvalue weighted by molar-refractivity contribution is 0.0839. The van der Waals surface area contributed by atoms with E-state index in [-0.39, 0.29) is 0 Å². The van der Waals surface area contributed by atoms with Crippen molar-refractivity contribution in [3.63, 3.8) is 0 Å². The van der Waals surface area contributed by atoms with Gasteiger partial charge in [0.05, 0.1) is 5.60 Å². The maximum atomic E-state index is 9.78. The largest absolute Gasteiger partial charge is 0.388 e. The van der Waals surface area contributed by atoms with Gasteiger partial charge in [-0.05, 0) is 13.3 Å². The van der Waals surface area contributed by atoms with Gasteiger partial charge < -0.3 is 10.0 Å². The van der Waals surface area contributed by atoms with Crippen molar-refractivity contribution in [2.75, 3.05) is 18.0 Å². The van der Waals surface area contributed by atoms with Gasteiger partial charge in [-0.25, -0.2) is 9.97 Å². The fourth-order valence-electron chi connectivity index (χ4n) is 1.65. The molecule has 1 N–H and O–H groups in total. The fourth-order valence-corrected chi connectivity index (χ4v) is 1.88. The van der Waals surface area contributed by atoms with Crippen molar-refractivity contribution < 1.29 is 5.11 Å². The predicted molar refractivity (Wildman–Crippen MR) is 54.5 cm³/mol. The number of rotatable bonds is 1. The molecule has 1 unspecified atom stereocenters. The van der Waals surface area contributed by atoms with Crippen molar-refractivity contribution in [3.05, 3.63) is 17.5 Å². The van der Waals surface area contributed by atoms with Gasteiger partial charge in [0.25, 0.3) is 0 Å². The molecule has 5 heteroatoms. The molecule has 1 aromatic rings. The molecule has 2 rings (SSSR count). The second-order valence-corrected chi connectivity index (χ2v) is 4.20. The highest BCUT2D eigenvalue weighted by Crippen LogP contribution is 2.28. The highest BCUT2D eigenvalue weighted by Gasteiger charge is 2.32. The molecule has 0 bridgehead atoms. The molecule has 0 aliphatic carbocycles. The molecule has 0 saturated carbocycles. The predicted octanol–water partition coefficient (Wildman–Crippen LogP) is 1.09. The van der Waals surface area contributed by atoms with E-state index in [4.69, 9.17) is 11.6 Å². The first-order chi connectivity index (χ1) is 6.58. The van der Waals surface area contributed by atoms with Crippen LogP contribution in [0.15, 0.2) is 12.4 Å². The Balaban J connectivity index is 2.22. The summed E-state index contributed by atoms with van der Waals surface area (Å²) in [6.45, 7) is 3.15. The molecule has 0 spiro atoms. The molecule has 76 valence electrons. The fraction of sp³-hybridized carbons (Fsp3) is 0.556. The van der Waals surface area contributed by atoms with Gasteiger partial charge in [-0.2, -0.15) is 0 Å². The zero-order chi connectivity index (χ0) is 10.2. The van der Waals surface area contributed by atoms with Gasteiger partial charge in [0, 0.05) is 25.5 Å². The van der Waals surface area contributed by atoms with Gasteiger partial charge in [0.1, 0.15) is 0 Å². The molecule has 1 saturated heterocycles. The standard InChI is InChI=1S/C9H12ClN3O/c1-9(14)2-5-13(6-9)8-7(10)11-3-4-12-8/h3-4,14H,2,5-6H2,1H3. The lowest BCUT2D eigenvalue weighted by Gasteiger charge is -2.19. The first-order valence-electron chi connectivity index (χ1n) is 4.52. The summed E-state index contributed by atoms with van der Waals surface area (Å²) in [4.78, 5) is 10.1. The Kier molecular flexibility index (Phi) is 2.33. The molecule has 2 heterocycles. The van der Waals surface area contributed by atoms with E-state index >= 15 is 0 Å². The Morgan fingerprint density at radius 3 is 2.79 bits per heavy atom. The second-order valence-electron chi connectivity index (χ2n) is 3.84. The number of hydrogen-bond acceptors (Lipinski definition) is 4. The molecule has 0 amide bonds. The van der Waals surface area contributed by atoms with Crippen molar-refractivity contribution in [2.24, 2.45) is 0 Å². The highest BCUT2D eigenvalue weighted by atomic mass is 35.5. The average Bonchev–Trinajstić information content (AvgIpc) is 2.47. The minimum atomic E-state index is -0.638. The van der Waals surface area contributed by atoms with Crippen LogP contribution in [0.4, 0.5) is 5.82 Å². The quantitative estimate of drug-likeness (QED) is 0.759.